The first-order chi connectivity index (χ1) is 11.2. The molecule has 0 aromatic heterocycles. The molecule has 0 radical (unpaired) electrons. The Balaban J connectivity index is 0.00000576. The van der Waals surface area contributed by atoms with Crippen molar-refractivity contribution in [3.05, 3.63) is 35.4 Å². The van der Waals surface area contributed by atoms with Crippen molar-refractivity contribution >= 4 is 41.7 Å². The van der Waals surface area contributed by atoms with Gasteiger partial charge in [-0.1, -0.05) is 11.8 Å². The normalized spacial score (nSPS) is 11.9. The quantitative estimate of drug-likeness (QED) is 0.293. The number of thioether (sulfide) groups is 1. The predicted molar refractivity (Wildman–Crippen MR) is 111 cm³/mol. The molecule has 1 rings (SSSR count). The highest BCUT2D eigenvalue weighted by Gasteiger charge is 2.29. The molecule has 0 amide bonds. The Labute approximate surface area is 168 Å². The van der Waals surface area contributed by atoms with Gasteiger partial charge < -0.3 is 10.6 Å². The molecule has 0 spiro atoms. The van der Waals surface area contributed by atoms with Crippen LogP contribution in [0.4, 0.5) is 13.2 Å². The van der Waals surface area contributed by atoms with Crippen LogP contribution in [0.1, 0.15) is 25.0 Å². The number of guanidine groups is 1. The van der Waals surface area contributed by atoms with Crippen molar-refractivity contribution < 1.29 is 13.2 Å². The van der Waals surface area contributed by atoms with Crippen molar-refractivity contribution in [2.24, 2.45) is 4.99 Å². The third-order valence-electron chi connectivity index (χ3n) is 3.25. The summed E-state index contributed by atoms with van der Waals surface area (Å²) in [6.07, 6.45) is -2.27. The maximum Gasteiger partial charge on any atom is 0.416 e. The molecule has 1 aromatic carbocycles. The van der Waals surface area contributed by atoms with Crippen molar-refractivity contribution in [1.29, 1.82) is 0 Å². The average molecular weight is 485 g/mol. The van der Waals surface area contributed by atoms with E-state index < -0.39 is 11.7 Å². The molecule has 0 aliphatic carbocycles. The van der Waals surface area contributed by atoms with Gasteiger partial charge in [0.05, 0.1) is 12.1 Å². The summed E-state index contributed by atoms with van der Waals surface area (Å²) < 4.78 is 37.5. The molecule has 3 nitrogen and oxygen atoms in total. The average Bonchev–Trinajstić information content (AvgIpc) is 2.54. The number of hydrogen-bond acceptors (Lipinski definition) is 2. The minimum absolute atomic E-state index is 0. The van der Waals surface area contributed by atoms with Gasteiger partial charge in [-0.3, -0.25) is 4.99 Å². The second kappa shape index (κ2) is 10.8. The van der Waals surface area contributed by atoms with Gasteiger partial charge >= 0.3 is 6.18 Å². The van der Waals surface area contributed by atoms with Crippen molar-refractivity contribution in [3.63, 3.8) is 0 Å². The van der Waals surface area contributed by atoms with Crippen LogP contribution in [-0.2, 0) is 6.18 Å². The van der Waals surface area contributed by atoms with Crippen molar-refractivity contribution in [3.8, 4) is 11.8 Å². The first kappa shape index (κ1) is 23.9. The van der Waals surface area contributed by atoms with Gasteiger partial charge in [-0.2, -0.15) is 24.9 Å². The van der Waals surface area contributed by atoms with Gasteiger partial charge in [0.2, 0.25) is 0 Å². The van der Waals surface area contributed by atoms with Gasteiger partial charge in [0.1, 0.15) is 0 Å². The van der Waals surface area contributed by atoms with Gasteiger partial charge in [-0.05, 0) is 44.4 Å². The number of halogens is 4. The standard InChI is InChI=1S/C17H22F3N3S.HI/c1-16(2,24-4)12-23-15(21-3)22-11-5-6-13-7-9-14(10-8-13)17(18,19)20;/h7-10H,11-12H2,1-4H3,(H2,21,22,23);1H. The zero-order valence-corrected chi connectivity index (χ0v) is 17.8. The number of alkyl halides is 3. The summed E-state index contributed by atoms with van der Waals surface area (Å²) in [4.78, 5) is 4.10. The van der Waals surface area contributed by atoms with E-state index in [1.807, 2.05) is 6.26 Å². The second-order valence-electron chi connectivity index (χ2n) is 5.62. The summed E-state index contributed by atoms with van der Waals surface area (Å²) in [7, 11) is 1.67. The largest absolute Gasteiger partial charge is 0.416 e. The molecule has 0 saturated heterocycles. The van der Waals surface area contributed by atoms with Crippen LogP contribution in [0.15, 0.2) is 29.3 Å². The van der Waals surface area contributed by atoms with E-state index >= 15 is 0 Å². The van der Waals surface area contributed by atoms with E-state index in [1.165, 1.54) is 12.1 Å². The summed E-state index contributed by atoms with van der Waals surface area (Å²) >= 11 is 1.75. The number of benzene rings is 1. The monoisotopic (exact) mass is 485 g/mol. The van der Waals surface area contributed by atoms with Gasteiger partial charge in [-0.15, -0.1) is 24.0 Å². The van der Waals surface area contributed by atoms with E-state index in [4.69, 9.17) is 0 Å². The molecule has 8 heteroatoms. The molecule has 25 heavy (non-hydrogen) atoms. The highest BCUT2D eigenvalue weighted by molar-refractivity contribution is 14.0. The van der Waals surface area contributed by atoms with E-state index in [0.29, 0.717) is 18.1 Å². The van der Waals surface area contributed by atoms with Gasteiger partial charge in [-0.25, -0.2) is 0 Å². The topological polar surface area (TPSA) is 36.4 Å². The third kappa shape index (κ3) is 9.26. The van der Waals surface area contributed by atoms with Gasteiger partial charge in [0.25, 0.3) is 0 Å². The second-order valence-corrected chi connectivity index (χ2v) is 7.13. The Bertz CT molecular complexity index is 617. The lowest BCUT2D eigenvalue weighted by molar-refractivity contribution is -0.137. The minimum Gasteiger partial charge on any atom is -0.355 e. The van der Waals surface area contributed by atoms with Gasteiger partial charge in [0, 0.05) is 23.9 Å². The summed E-state index contributed by atoms with van der Waals surface area (Å²) in [6.45, 7) is 5.35. The van der Waals surface area contributed by atoms with Gasteiger partial charge in [0.15, 0.2) is 5.96 Å². The van der Waals surface area contributed by atoms with Crippen molar-refractivity contribution in [2.45, 2.75) is 24.8 Å². The smallest absolute Gasteiger partial charge is 0.355 e. The SMILES string of the molecule is CN=C(NCC#Cc1ccc(C(F)(F)F)cc1)NCC(C)(C)SC.I. The molecular weight excluding hydrogens is 462 g/mol. The van der Waals surface area contributed by atoms with Crippen LogP contribution in [0.3, 0.4) is 0 Å². The van der Waals surface area contributed by atoms with E-state index in [0.717, 1.165) is 18.7 Å². The number of rotatable bonds is 4. The number of nitrogens with zero attached hydrogens (tertiary/aromatic N) is 1. The van der Waals surface area contributed by atoms with E-state index in [9.17, 15) is 13.2 Å². The zero-order valence-electron chi connectivity index (χ0n) is 14.6. The molecule has 0 unspecified atom stereocenters. The van der Waals surface area contributed by atoms with Crippen LogP contribution in [0.2, 0.25) is 0 Å². The Morgan fingerprint density at radius 2 is 1.76 bits per heavy atom. The molecule has 0 aliphatic rings. The minimum atomic E-state index is -4.32. The molecule has 0 saturated carbocycles. The predicted octanol–water partition coefficient (Wildman–Crippen LogP) is 3.98. The van der Waals surface area contributed by atoms with Crippen LogP contribution >= 0.6 is 35.7 Å². The lowest BCUT2D eigenvalue weighted by Crippen LogP contribution is -2.43. The Kier molecular flexibility index (Phi) is 10.3. The van der Waals surface area contributed by atoms with Crippen LogP contribution in [0, 0.1) is 11.8 Å². The van der Waals surface area contributed by atoms with Crippen LogP contribution in [-0.4, -0.2) is 37.1 Å². The van der Waals surface area contributed by atoms with E-state index in [1.54, 1.807) is 18.8 Å². The van der Waals surface area contributed by atoms with Crippen LogP contribution in [0.25, 0.3) is 0 Å². The summed E-state index contributed by atoms with van der Waals surface area (Å²) in [5, 5.41) is 6.26. The molecule has 1 aromatic rings. The molecule has 0 atom stereocenters. The fourth-order valence-electron chi connectivity index (χ4n) is 1.61. The fraction of sp³-hybridized carbons (Fsp3) is 0.471. The zero-order chi connectivity index (χ0) is 18.2. The third-order valence-corrected chi connectivity index (χ3v) is 4.50. The fourth-order valence-corrected chi connectivity index (χ4v) is 1.82. The van der Waals surface area contributed by atoms with Crippen LogP contribution < -0.4 is 10.6 Å². The van der Waals surface area contributed by atoms with Crippen LogP contribution in [0.5, 0.6) is 0 Å². The summed E-state index contributed by atoms with van der Waals surface area (Å²) in [6, 6.07) is 4.79. The molecule has 140 valence electrons. The Morgan fingerprint density at radius 1 is 1.16 bits per heavy atom. The van der Waals surface area contributed by atoms with E-state index in [-0.39, 0.29) is 28.7 Å². The molecule has 0 bridgehead atoms. The lowest BCUT2D eigenvalue weighted by Gasteiger charge is -2.23. The molecule has 0 fully saturated rings. The number of nitrogens with one attached hydrogen (secondary N) is 2. The first-order valence-electron chi connectivity index (χ1n) is 7.34. The van der Waals surface area contributed by atoms with E-state index in [2.05, 4.69) is 41.3 Å². The van der Waals surface area contributed by atoms with Crippen molar-refractivity contribution in [1.82, 2.24) is 10.6 Å². The maximum absolute atomic E-state index is 12.5. The molecule has 0 aliphatic heterocycles. The lowest BCUT2D eigenvalue weighted by atomic mass is 10.1. The highest BCUT2D eigenvalue weighted by Crippen LogP contribution is 2.28. The highest BCUT2D eigenvalue weighted by atomic mass is 127. The number of aliphatic imine (C=N–C) groups is 1. The number of hydrogen-bond donors (Lipinski definition) is 2. The van der Waals surface area contributed by atoms with Crippen molar-refractivity contribution in [2.75, 3.05) is 26.4 Å². The molecular formula is C17H23F3IN3S. The maximum atomic E-state index is 12.5. The Hall–Kier alpha value is -1.08. The molecule has 0 heterocycles. The molecule has 2 N–H and O–H groups in total. The first-order valence-corrected chi connectivity index (χ1v) is 8.56. The summed E-state index contributed by atoms with van der Waals surface area (Å²) in [5.74, 6) is 6.32. The summed E-state index contributed by atoms with van der Waals surface area (Å²) in [5.41, 5.74) is -0.136. The Morgan fingerprint density at radius 3 is 2.24 bits per heavy atom.